The summed E-state index contributed by atoms with van der Waals surface area (Å²) in [6, 6.07) is 13.0. The molecular weight excluding hydrogens is 344 g/mol. The Morgan fingerprint density at radius 1 is 1.11 bits per heavy atom. The van der Waals surface area contributed by atoms with Gasteiger partial charge in [0.15, 0.2) is 5.76 Å². The van der Waals surface area contributed by atoms with Gasteiger partial charge in [0, 0.05) is 30.6 Å². The van der Waals surface area contributed by atoms with Gasteiger partial charge in [-0.2, -0.15) is 0 Å². The zero-order valence-electron chi connectivity index (χ0n) is 14.8. The smallest absolute Gasteiger partial charge is 0.289 e. The minimum Gasteiger partial charge on any atom is -0.459 e. The van der Waals surface area contributed by atoms with Gasteiger partial charge in [0.25, 0.3) is 5.91 Å². The number of nitrogens with one attached hydrogen (secondary N) is 1. The number of hydrogen-bond acceptors (Lipinski definition) is 4. The number of piperidine rings is 1. The molecule has 0 atom stereocenters. The number of rotatable bonds is 4. The SMILES string of the molecule is O=C(/C=C/c1cc2ccccc2o1)NC1CCN(C(=O)c2ccco2)CC1. The average Bonchev–Trinajstić information content (AvgIpc) is 3.36. The molecular formula is C21H20N2O4. The van der Waals surface area contributed by atoms with Crippen LogP contribution in [-0.4, -0.2) is 35.8 Å². The number of para-hydroxylation sites is 1. The van der Waals surface area contributed by atoms with Gasteiger partial charge in [-0.05, 0) is 43.2 Å². The molecule has 0 spiro atoms. The van der Waals surface area contributed by atoms with Crippen LogP contribution in [0.5, 0.6) is 0 Å². The first kappa shape index (κ1) is 17.1. The first-order valence-corrected chi connectivity index (χ1v) is 8.99. The lowest BCUT2D eigenvalue weighted by Crippen LogP contribution is -2.46. The van der Waals surface area contributed by atoms with E-state index in [1.165, 1.54) is 12.3 Å². The summed E-state index contributed by atoms with van der Waals surface area (Å²) in [5.41, 5.74) is 0.797. The third-order valence-electron chi connectivity index (χ3n) is 4.70. The zero-order chi connectivity index (χ0) is 18.6. The molecule has 0 aliphatic carbocycles. The topological polar surface area (TPSA) is 75.7 Å². The fourth-order valence-electron chi connectivity index (χ4n) is 3.27. The summed E-state index contributed by atoms with van der Waals surface area (Å²) in [4.78, 5) is 26.2. The van der Waals surface area contributed by atoms with E-state index < -0.39 is 0 Å². The van der Waals surface area contributed by atoms with Crippen molar-refractivity contribution in [3.8, 4) is 0 Å². The number of carbonyl (C=O) groups is 2. The van der Waals surface area contributed by atoms with Gasteiger partial charge in [-0.15, -0.1) is 0 Å². The van der Waals surface area contributed by atoms with Gasteiger partial charge in [-0.1, -0.05) is 18.2 Å². The number of furan rings is 2. The van der Waals surface area contributed by atoms with Crippen LogP contribution in [0.15, 0.2) is 63.6 Å². The van der Waals surface area contributed by atoms with E-state index in [1.807, 2.05) is 30.3 Å². The van der Waals surface area contributed by atoms with Crippen molar-refractivity contribution in [1.82, 2.24) is 10.2 Å². The maximum atomic E-state index is 12.2. The van der Waals surface area contributed by atoms with Crippen molar-refractivity contribution in [3.05, 3.63) is 66.3 Å². The Morgan fingerprint density at radius 2 is 1.93 bits per heavy atom. The third-order valence-corrected chi connectivity index (χ3v) is 4.70. The highest BCUT2D eigenvalue weighted by molar-refractivity contribution is 5.93. The number of amides is 2. The molecule has 3 heterocycles. The number of nitrogens with zero attached hydrogens (tertiary/aromatic N) is 1. The Hall–Kier alpha value is -3.28. The fraction of sp³-hybridized carbons (Fsp3) is 0.238. The molecule has 1 saturated heterocycles. The van der Waals surface area contributed by atoms with Crippen LogP contribution < -0.4 is 5.32 Å². The molecule has 0 bridgehead atoms. The first-order chi connectivity index (χ1) is 13.2. The van der Waals surface area contributed by atoms with Crippen LogP contribution in [0.2, 0.25) is 0 Å². The second kappa shape index (κ2) is 7.53. The average molecular weight is 364 g/mol. The molecule has 0 unspecified atom stereocenters. The van der Waals surface area contributed by atoms with Crippen LogP contribution >= 0.6 is 0 Å². The minimum absolute atomic E-state index is 0.0541. The Kier molecular flexibility index (Phi) is 4.78. The van der Waals surface area contributed by atoms with E-state index in [0.717, 1.165) is 23.8 Å². The second-order valence-electron chi connectivity index (χ2n) is 6.57. The van der Waals surface area contributed by atoms with E-state index >= 15 is 0 Å². The molecule has 27 heavy (non-hydrogen) atoms. The number of likely N-dealkylation sites (tertiary alicyclic amines) is 1. The summed E-state index contributed by atoms with van der Waals surface area (Å²) >= 11 is 0. The quantitative estimate of drug-likeness (QED) is 0.720. The summed E-state index contributed by atoms with van der Waals surface area (Å²) in [6.45, 7) is 1.19. The van der Waals surface area contributed by atoms with E-state index in [9.17, 15) is 9.59 Å². The number of carbonyl (C=O) groups excluding carboxylic acids is 2. The van der Waals surface area contributed by atoms with Crippen molar-refractivity contribution >= 4 is 28.9 Å². The zero-order valence-corrected chi connectivity index (χ0v) is 14.8. The summed E-state index contributed by atoms with van der Waals surface area (Å²) in [6.07, 6.45) is 6.09. The number of benzene rings is 1. The number of hydrogen-bond donors (Lipinski definition) is 1. The lowest BCUT2D eigenvalue weighted by atomic mass is 10.0. The lowest BCUT2D eigenvalue weighted by molar-refractivity contribution is -0.117. The van der Waals surface area contributed by atoms with E-state index in [1.54, 1.807) is 23.1 Å². The van der Waals surface area contributed by atoms with Gasteiger partial charge < -0.3 is 19.1 Å². The lowest BCUT2D eigenvalue weighted by Gasteiger charge is -2.31. The van der Waals surface area contributed by atoms with Crippen molar-refractivity contribution in [3.63, 3.8) is 0 Å². The number of fused-ring (bicyclic) bond motifs is 1. The largest absolute Gasteiger partial charge is 0.459 e. The summed E-state index contributed by atoms with van der Waals surface area (Å²) in [7, 11) is 0. The standard InChI is InChI=1S/C21H20N2O4/c24-20(8-7-17-14-15-4-1-2-5-18(15)27-17)22-16-9-11-23(12-10-16)21(25)19-6-3-13-26-19/h1-8,13-14,16H,9-12H2,(H,22,24)/b8-7+. The molecule has 4 rings (SSSR count). The molecule has 1 N–H and O–H groups in total. The van der Waals surface area contributed by atoms with Gasteiger partial charge in [-0.3, -0.25) is 9.59 Å². The fourth-order valence-corrected chi connectivity index (χ4v) is 3.27. The van der Waals surface area contributed by atoms with Crippen LogP contribution in [0.1, 0.15) is 29.2 Å². The van der Waals surface area contributed by atoms with Crippen LogP contribution in [0.25, 0.3) is 17.0 Å². The van der Waals surface area contributed by atoms with E-state index in [4.69, 9.17) is 8.83 Å². The second-order valence-corrected chi connectivity index (χ2v) is 6.57. The molecule has 6 nitrogen and oxygen atoms in total. The maximum absolute atomic E-state index is 12.2. The monoisotopic (exact) mass is 364 g/mol. The highest BCUT2D eigenvalue weighted by Crippen LogP contribution is 2.19. The predicted molar refractivity (Wildman–Crippen MR) is 101 cm³/mol. The molecule has 138 valence electrons. The van der Waals surface area contributed by atoms with E-state index in [2.05, 4.69) is 5.32 Å². The van der Waals surface area contributed by atoms with Gasteiger partial charge in [0.2, 0.25) is 5.91 Å². The van der Waals surface area contributed by atoms with Crippen molar-refractivity contribution < 1.29 is 18.4 Å². The van der Waals surface area contributed by atoms with E-state index in [-0.39, 0.29) is 17.9 Å². The normalized spacial score (nSPS) is 15.5. The van der Waals surface area contributed by atoms with Gasteiger partial charge in [-0.25, -0.2) is 0 Å². The maximum Gasteiger partial charge on any atom is 0.289 e. The molecule has 1 aromatic carbocycles. The van der Waals surface area contributed by atoms with Gasteiger partial charge in [0.05, 0.1) is 6.26 Å². The summed E-state index contributed by atoms with van der Waals surface area (Å²) in [5, 5.41) is 3.99. The van der Waals surface area contributed by atoms with Crippen molar-refractivity contribution in [1.29, 1.82) is 0 Å². The molecule has 0 saturated carbocycles. The highest BCUT2D eigenvalue weighted by atomic mass is 16.3. The molecule has 3 aromatic rings. The molecule has 1 fully saturated rings. The van der Waals surface area contributed by atoms with E-state index in [0.29, 0.717) is 24.6 Å². The van der Waals surface area contributed by atoms with Crippen LogP contribution in [-0.2, 0) is 4.79 Å². The Balaban J connectivity index is 1.28. The van der Waals surface area contributed by atoms with Crippen molar-refractivity contribution in [2.24, 2.45) is 0 Å². The Bertz CT molecular complexity index is 930. The van der Waals surface area contributed by atoms with Crippen LogP contribution in [0.3, 0.4) is 0 Å². The Morgan fingerprint density at radius 3 is 2.67 bits per heavy atom. The van der Waals surface area contributed by atoms with Crippen LogP contribution in [0, 0.1) is 0 Å². The Labute approximate surface area is 156 Å². The molecule has 6 heteroatoms. The van der Waals surface area contributed by atoms with Gasteiger partial charge >= 0.3 is 0 Å². The molecule has 2 aromatic heterocycles. The van der Waals surface area contributed by atoms with Crippen LogP contribution in [0.4, 0.5) is 0 Å². The molecule has 0 radical (unpaired) electrons. The van der Waals surface area contributed by atoms with Crippen molar-refractivity contribution in [2.45, 2.75) is 18.9 Å². The summed E-state index contributed by atoms with van der Waals surface area (Å²) in [5.74, 6) is 0.734. The predicted octanol–water partition coefficient (Wildman–Crippen LogP) is 3.46. The molecule has 1 aliphatic rings. The third kappa shape index (κ3) is 3.95. The highest BCUT2D eigenvalue weighted by Gasteiger charge is 2.25. The molecule has 1 aliphatic heterocycles. The van der Waals surface area contributed by atoms with Crippen molar-refractivity contribution in [2.75, 3.05) is 13.1 Å². The summed E-state index contributed by atoms with van der Waals surface area (Å²) < 4.78 is 10.8. The first-order valence-electron chi connectivity index (χ1n) is 8.99. The minimum atomic E-state index is -0.161. The molecule has 2 amide bonds. The van der Waals surface area contributed by atoms with Gasteiger partial charge in [0.1, 0.15) is 11.3 Å².